The number of hydrogen-bond donors (Lipinski definition) is 0. The number of benzene rings is 1. The molecule has 1 unspecified atom stereocenters. The van der Waals surface area contributed by atoms with E-state index in [1.165, 1.54) is 12.1 Å². The predicted molar refractivity (Wildman–Crippen MR) is 70.0 cm³/mol. The van der Waals surface area contributed by atoms with Gasteiger partial charge < -0.3 is 4.74 Å². The lowest BCUT2D eigenvalue weighted by molar-refractivity contribution is -0.0498. The second-order valence-electron chi connectivity index (χ2n) is 3.84. The van der Waals surface area contributed by atoms with E-state index in [0.717, 1.165) is 17.8 Å². The van der Waals surface area contributed by atoms with Crippen LogP contribution in [0.25, 0.3) is 5.69 Å². The van der Waals surface area contributed by atoms with Crippen molar-refractivity contribution in [2.45, 2.75) is 24.8 Å². The fourth-order valence-corrected chi connectivity index (χ4v) is 1.75. The average molecular weight is 332 g/mol. The van der Waals surface area contributed by atoms with Crippen LogP contribution >= 0.6 is 15.9 Å². The van der Waals surface area contributed by atoms with Crippen LogP contribution in [-0.2, 0) is 0 Å². The summed E-state index contributed by atoms with van der Waals surface area (Å²) < 4.78 is 29.9. The van der Waals surface area contributed by atoms with Crippen molar-refractivity contribution in [1.29, 1.82) is 0 Å². The average Bonchev–Trinajstić information content (AvgIpc) is 2.87. The third-order valence-electron chi connectivity index (χ3n) is 2.52. The van der Waals surface area contributed by atoms with Gasteiger partial charge in [-0.3, -0.25) is 0 Å². The van der Waals surface area contributed by atoms with E-state index in [0.29, 0.717) is 0 Å². The fraction of sp³-hybridized carbons (Fsp3) is 0.333. The topological polar surface area (TPSA) is 39.9 Å². The number of alkyl halides is 3. The molecule has 102 valence electrons. The molecule has 4 nitrogen and oxygen atoms in total. The molecule has 1 atom stereocenters. The molecule has 7 heteroatoms. The van der Waals surface area contributed by atoms with Gasteiger partial charge in [-0.05, 0) is 30.7 Å². The van der Waals surface area contributed by atoms with Gasteiger partial charge >= 0.3 is 6.61 Å². The molecule has 19 heavy (non-hydrogen) atoms. The molecular formula is C12H12BrF2N3O. The van der Waals surface area contributed by atoms with Gasteiger partial charge in [0, 0.05) is 0 Å². The number of hydrogen-bond acceptors (Lipinski definition) is 3. The van der Waals surface area contributed by atoms with Gasteiger partial charge in [0.1, 0.15) is 5.75 Å². The zero-order valence-corrected chi connectivity index (χ0v) is 11.7. The second kappa shape index (κ2) is 6.10. The molecule has 1 aromatic heterocycles. The highest BCUT2D eigenvalue weighted by Gasteiger charge is 2.10. The number of nitrogens with zero attached hydrogens (tertiary/aromatic N) is 3. The smallest absolute Gasteiger partial charge is 0.387 e. The first-order chi connectivity index (χ1) is 9.10. The van der Waals surface area contributed by atoms with E-state index >= 15 is 0 Å². The number of halogens is 3. The van der Waals surface area contributed by atoms with Gasteiger partial charge in [0.15, 0.2) is 0 Å². The first kappa shape index (κ1) is 13.9. The largest absolute Gasteiger partial charge is 0.435 e. The van der Waals surface area contributed by atoms with Crippen LogP contribution in [0.5, 0.6) is 5.75 Å². The van der Waals surface area contributed by atoms with Crippen molar-refractivity contribution in [1.82, 2.24) is 15.0 Å². The second-order valence-corrected chi connectivity index (χ2v) is 4.94. The molecule has 0 N–H and O–H groups in total. The normalized spacial score (nSPS) is 12.7. The van der Waals surface area contributed by atoms with Crippen molar-refractivity contribution < 1.29 is 13.5 Å². The Bertz CT molecular complexity index is 530. The fourth-order valence-electron chi connectivity index (χ4n) is 1.54. The number of rotatable bonds is 5. The quantitative estimate of drug-likeness (QED) is 0.784. The summed E-state index contributed by atoms with van der Waals surface area (Å²) in [4.78, 5) is 0.155. The van der Waals surface area contributed by atoms with Gasteiger partial charge in [-0.2, -0.15) is 8.78 Å². The van der Waals surface area contributed by atoms with E-state index in [-0.39, 0.29) is 10.6 Å². The molecule has 2 aromatic rings. The minimum Gasteiger partial charge on any atom is -0.435 e. The van der Waals surface area contributed by atoms with Crippen molar-refractivity contribution in [3.63, 3.8) is 0 Å². The Labute approximate surface area is 117 Å². The summed E-state index contributed by atoms with van der Waals surface area (Å²) in [5.41, 5.74) is 1.56. The van der Waals surface area contributed by atoms with E-state index < -0.39 is 6.61 Å². The summed E-state index contributed by atoms with van der Waals surface area (Å²) in [6, 6.07) is 6.22. The lowest BCUT2D eigenvalue weighted by Gasteiger charge is -2.05. The lowest BCUT2D eigenvalue weighted by atomic mass is 10.2. The Morgan fingerprint density at radius 2 is 2.00 bits per heavy atom. The Morgan fingerprint density at radius 3 is 2.58 bits per heavy atom. The number of aromatic nitrogens is 3. The molecule has 0 fully saturated rings. The maximum absolute atomic E-state index is 12.0. The van der Waals surface area contributed by atoms with Crippen molar-refractivity contribution in [2.75, 3.05) is 0 Å². The highest BCUT2D eigenvalue weighted by atomic mass is 79.9. The maximum atomic E-state index is 12.0. The molecule has 0 aliphatic heterocycles. The molecule has 0 bridgehead atoms. The third-order valence-corrected chi connectivity index (χ3v) is 3.63. The van der Waals surface area contributed by atoms with E-state index in [9.17, 15) is 8.78 Å². The molecule has 0 saturated carbocycles. The summed E-state index contributed by atoms with van der Waals surface area (Å²) in [6.45, 7) is -0.780. The van der Waals surface area contributed by atoms with E-state index in [1.807, 2.05) is 6.92 Å². The SMILES string of the molecule is CCC(Br)c1cn(-c2ccc(OC(F)F)cc2)nn1. The summed E-state index contributed by atoms with van der Waals surface area (Å²) in [5, 5.41) is 8.04. The van der Waals surface area contributed by atoms with Crippen LogP contribution in [-0.4, -0.2) is 21.6 Å². The van der Waals surface area contributed by atoms with Crippen LogP contribution in [0.1, 0.15) is 23.9 Å². The Hall–Kier alpha value is -1.50. The Balaban J connectivity index is 2.15. The van der Waals surface area contributed by atoms with Crippen LogP contribution < -0.4 is 4.74 Å². The highest BCUT2D eigenvalue weighted by Crippen LogP contribution is 2.24. The molecule has 0 aliphatic carbocycles. The zero-order chi connectivity index (χ0) is 13.8. The lowest BCUT2D eigenvalue weighted by Crippen LogP contribution is -2.02. The Morgan fingerprint density at radius 1 is 1.32 bits per heavy atom. The first-order valence-electron chi connectivity index (χ1n) is 5.71. The minimum atomic E-state index is -2.82. The highest BCUT2D eigenvalue weighted by molar-refractivity contribution is 9.09. The van der Waals surface area contributed by atoms with E-state index in [4.69, 9.17) is 0 Å². The summed E-state index contributed by atoms with van der Waals surface area (Å²) in [6.07, 6.45) is 2.70. The molecule has 0 radical (unpaired) electrons. The van der Waals surface area contributed by atoms with Crippen molar-refractivity contribution in [3.8, 4) is 11.4 Å². The standard InChI is InChI=1S/C12H12BrF2N3O/c1-2-10(13)11-7-18(17-16-11)8-3-5-9(6-4-8)19-12(14)15/h3-7,10,12H,2H2,1H3. The molecule has 0 saturated heterocycles. The summed E-state index contributed by atoms with van der Waals surface area (Å²) >= 11 is 3.49. The Kier molecular flexibility index (Phi) is 4.47. The van der Waals surface area contributed by atoms with Gasteiger partial charge in [0.2, 0.25) is 0 Å². The van der Waals surface area contributed by atoms with Crippen molar-refractivity contribution >= 4 is 15.9 Å². The molecular weight excluding hydrogens is 320 g/mol. The predicted octanol–water partition coefficient (Wildman–Crippen LogP) is 3.71. The minimum absolute atomic E-state index is 0.117. The van der Waals surface area contributed by atoms with Gasteiger partial charge in [-0.15, -0.1) is 5.10 Å². The van der Waals surface area contributed by atoms with Crippen molar-refractivity contribution in [3.05, 3.63) is 36.2 Å². The summed E-state index contributed by atoms with van der Waals surface area (Å²) in [5.74, 6) is 0.117. The zero-order valence-electron chi connectivity index (χ0n) is 10.1. The van der Waals surface area contributed by atoms with Crippen LogP contribution in [0.3, 0.4) is 0 Å². The van der Waals surface area contributed by atoms with Crippen LogP contribution in [0.2, 0.25) is 0 Å². The molecule has 2 rings (SSSR count). The van der Waals surface area contributed by atoms with Crippen LogP contribution in [0.15, 0.2) is 30.5 Å². The van der Waals surface area contributed by atoms with Gasteiger partial charge in [0.05, 0.1) is 22.4 Å². The van der Waals surface area contributed by atoms with Gasteiger partial charge in [0.25, 0.3) is 0 Å². The van der Waals surface area contributed by atoms with E-state index in [2.05, 4.69) is 31.0 Å². The molecule has 1 aromatic carbocycles. The molecule has 0 amide bonds. The maximum Gasteiger partial charge on any atom is 0.387 e. The van der Waals surface area contributed by atoms with Crippen molar-refractivity contribution in [2.24, 2.45) is 0 Å². The molecule has 0 aliphatic rings. The van der Waals surface area contributed by atoms with Crippen LogP contribution in [0.4, 0.5) is 8.78 Å². The monoisotopic (exact) mass is 331 g/mol. The van der Waals surface area contributed by atoms with Crippen LogP contribution in [0, 0.1) is 0 Å². The molecule has 0 spiro atoms. The van der Waals surface area contributed by atoms with E-state index in [1.54, 1.807) is 23.0 Å². The first-order valence-corrected chi connectivity index (χ1v) is 6.63. The summed E-state index contributed by atoms with van der Waals surface area (Å²) in [7, 11) is 0. The third kappa shape index (κ3) is 3.50. The molecule has 1 heterocycles. The van der Waals surface area contributed by atoms with Gasteiger partial charge in [-0.25, -0.2) is 4.68 Å². The van der Waals surface area contributed by atoms with Gasteiger partial charge in [-0.1, -0.05) is 28.1 Å². The number of ether oxygens (including phenoxy) is 1.